The van der Waals surface area contributed by atoms with Crippen LogP contribution in [0.15, 0.2) is 0 Å². The molecule has 1 fully saturated rings. The molecule has 0 amide bonds. The fourth-order valence-corrected chi connectivity index (χ4v) is 3.70. The first-order valence-electron chi connectivity index (χ1n) is 8.52. The maximum Gasteiger partial charge on any atom is 0.0589 e. The van der Waals surface area contributed by atoms with E-state index in [1.54, 1.807) is 14.2 Å². The van der Waals surface area contributed by atoms with Crippen LogP contribution in [0, 0.1) is 5.41 Å². The molecule has 0 aliphatic heterocycles. The SMILES string of the molecule is CCNC1C(N(CCCOC)CCOC)CCCC1(C)C. The smallest absolute Gasteiger partial charge is 0.0589 e. The van der Waals surface area contributed by atoms with E-state index < -0.39 is 0 Å². The molecule has 0 bridgehead atoms. The largest absolute Gasteiger partial charge is 0.385 e. The highest BCUT2D eigenvalue weighted by molar-refractivity contribution is 4.98. The Balaban J connectivity index is 2.74. The van der Waals surface area contributed by atoms with Gasteiger partial charge < -0.3 is 14.8 Å². The summed E-state index contributed by atoms with van der Waals surface area (Å²) in [6, 6.07) is 1.18. The van der Waals surface area contributed by atoms with Crippen molar-refractivity contribution in [2.24, 2.45) is 5.41 Å². The second kappa shape index (κ2) is 9.78. The van der Waals surface area contributed by atoms with Gasteiger partial charge in [-0.1, -0.05) is 27.2 Å². The molecule has 0 saturated heterocycles. The minimum Gasteiger partial charge on any atom is -0.385 e. The number of hydrogen-bond acceptors (Lipinski definition) is 4. The molecule has 1 N–H and O–H groups in total. The Bertz CT molecular complexity index is 272. The molecule has 1 aliphatic rings. The standard InChI is InChI=1S/C17H36N2O2/c1-6-18-16-15(9-7-10-17(16,2)3)19(12-14-21-5)11-8-13-20-4/h15-16,18H,6-14H2,1-5H3. The zero-order valence-electron chi connectivity index (χ0n) is 14.8. The zero-order chi connectivity index (χ0) is 15.7. The fourth-order valence-electron chi connectivity index (χ4n) is 3.70. The van der Waals surface area contributed by atoms with Gasteiger partial charge in [0.1, 0.15) is 0 Å². The van der Waals surface area contributed by atoms with E-state index in [0.29, 0.717) is 17.5 Å². The molecule has 2 atom stereocenters. The lowest BCUT2D eigenvalue weighted by molar-refractivity contribution is 0.0292. The van der Waals surface area contributed by atoms with Gasteiger partial charge in [-0.3, -0.25) is 4.90 Å². The normalized spacial score (nSPS) is 25.4. The molecular formula is C17H36N2O2. The third-order valence-electron chi connectivity index (χ3n) is 4.82. The van der Waals surface area contributed by atoms with Gasteiger partial charge in [-0.05, 0) is 31.2 Å². The predicted molar refractivity (Wildman–Crippen MR) is 88.8 cm³/mol. The number of hydrogen-bond donors (Lipinski definition) is 1. The van der Waals surface area contributed by atoms with E-state index in [1.807, 2.05) is 0 Å². The highest BCUT2D eigenvalue weighted by Crippen LogP contribution is 2.37. The zero-order valence-corrected chi connectivity index (χ0v) is 14.8. The molecular weight excluding hydrogens is 264 g/mol. The summed E-state index contributed by atoms with van der Waals surface area (Å²) in [5.41, 5.74) is 0.367. The Labute approximate surface area is 131 Å². The minimum atomic E-state index is 0.367. The van der Waals surface area contributed by atoms with Gasteiger partial charge in [0.15, 0.2) is 0 Å². The molecule has 1 saturated carbocycles. The van der Waals surface area contributed by atoms with Gasteiger partial charge in [-0.2, -0.15) is 0 Å². The molecule has 0 heterocycles. The van der Waals surface area contributed by atoms with Gasteiger partial charge in [0.05, 0.1) is 6.61 Å². The number of nitrogens with zero attached hydrogens (tertiary/aromatic N) is 1. The number of nitrogens with one attached hydrogen (secondary N) is 1. The van der Waals surface area contributed by atoms with Crippen molar-refractivity contribution in [1.29, 1.82) is 0 Å². The van der Waals surface area contributed by atoms with Gasteiger partial charge in [-0.15, -0.1) is 0 Å². The molecule has 0 spiro atoms. The number of likely N-dealkylation sites (N-methyl/N-ethyl adjacent to an activating group) is 1. The number of ether oxygens (including phenoxy) is 2. The summed E-state index contributed by atoms with van der Waals surface area (Å²) in [4.78, 5) is 2.62. The summed E-state index contributed by atoms with van der Waals surface area (Å²) >= 11 is 0. The van der Waals surface area contributed by atoms with Gasteiger partial charge in [0.25, 0.3) is 0 Å². The molecule has 2 unspecified atom stereocenters. The van der Waals surface area contributed by atoms with Crippen LogP contribution in [-0.4, -0.2) is 64.1 Å². The second-order valence-electron chi connectivity index (χ2n) is 6.86. The van der Waals surface area contributed by atoms with E-state index in [4.69, 9.17) is 9.47 Å². The average Bonchev–Trinajstić information content (AvgIpc) is 2.45. The van der Waals surface area contributed by atoms with Crippen LogP contribution in [0.2, 0.25) is 0 Å². The van der Waals surface area contributed by atoms with E-state index in [9.17, 15) is 0 Å². The van der Waals surface area contributed by atoms with Crippen LogP contribution < -0.4 is 5.32 Å². The van der Waals surface area contributed by atoms with Gasteiger partial charge >= 0.3 is 0 Å². The second-order valence-corrected chi connectivity index (χ2v) is 6.86. The molecule has 4 nitrogen and oxygen atoms in total. The van der Waals surface area contributed by atoms with Crippen LogP contribution in [0.5, 0.6) is 0 Å². The molecule has 0 aromatic carbocycles. The van der Waals surface area contributed by atoms with E-state index in [-0.39, 0.29) is 0 Å². The van der Waals surface area contributed by atoms with Crippen molar-refractivity contribution in [2.75, 3.05) is 47.1 Å². The van der Waals surface area contributed by atoms with Gasteiger partial charge in [-0.25, -0.2) is 0 Å². The fraction of sp³-hybridized carbons (Fsp3) is 1.00. The maximum absolute atomic E-state index is 5.32. The van der Waals surface area contributed by atoms with E-state index >= 15 is 0 Å². The summed E-state index contributed by atoms with van der Waals surface area (Å²) < 4.78 is 10.5. The van der Waals surface area contributed by atoms with Crippen molar-refractivity contribution in [1.82, 2.24) is 10.2 Å². The first-order valence-corrected chi connectivity index (χ1v) is 8.52. The maximum atomic E-state index is 5.32. The summed E-state index contributed by atoms with van der Waals surface area (Å²) in [5.74, 6) is 0. The highest BCUT2D eigenvalue weighted by Gasteiger charge is 2.40. The Morgan fingerprint density at radius 1 is 1.14 bits per heavy atom. The predicted octanol–water partition coefficient (Wildman–Crippen LogP) is 2.53. The van der Waals surface area contributed by atoms with Crippen molar-refractivity contribution in [2.45, 2.75) is 58.5 Å². The minimum absolute atomic E-state index is 0.367. The van der Waals surface area contributed by atoms with Crippen LogP contribution in [0.4, 0.5) is 0 Å². The van der Waals surface area contributed by atoms with Crippen molar-refractivity contribution in [3.63, 3.8) is 0 Å². The van der Waals surface area contributed by atoms with Crippen molar-refractivity contribution < 1.29 is 9.47 Å². The molecule has 0 radical (unpaired) electrons. The Morgan fingerprint density at radius 3 is 2.48 bits per heavy atom. The van der Waals surface area contributed by atoms with Crippen molar-refractivity contribution in [3.05, 3.63) is 0 Å². The summed E-state index contributed by atoms with van der Waals surface area (Å²) in [7, 11) is 3.57. The first kappa shape index (κ1) is 18.9. The topological polar surface area (TPSA) is 33.7 Å². The first-order chi connectivity index (χ1) is 10.1. The van der Waals surface area contributed by atoms with Crippen LogP contribution >= 0.6 is 0 Å². The van der Waals surface area contributed by atoms with Crippen LogP contribution in [0.1, 0.15) is 46.5 Å². The Hall–Kier alpha value is -0.160. The summed E-state index contributed by atoms with van der Waals surface area (Å²) in [5, 5.41) is 3.76. The molecule has 21 heavy (non-hydrogen) atoms. The number of methoxy groups -OCH3 is 2. The summed E-state index contributed by atoms with van der Waals surface area (Å²) in [6.45, 7) is 11.8. The molecule has 0 aromatic heterocycles. The van der Waals surface area contributed by atoms with Crippen molar-refractivity contribution >= 4 is 0 Å². The highest BCUT2D eigenvalue weighted by atomic mass is 16.5. The van der Waals surface area contributed by atoms with E-state index in [2.05, 4.69) is 31.0 Å². The molecule has 126 valence electrons. The van der Waals surface area contributed by atoms with Gasteiger partial charge in [0.2, 0.25) is 0 Å². The van der Waals surface area contributed by atoms with Crippen LogP contribution in [0.25, 0.3) is 0 Å². The third kappa shape index (κ3) is 5.85. The van der Waals surface area contributed by atoms with Gasteiger partial charge in [0, 0.05) is 46.0 Å². The molecule has 0 aromatic rings. The monoisotopic (exact) mass is 300 g/mol. The molecule has 4 heteroatoms. The van der Waals surface area contributed by atoms with Crippen LogP contribution in [0.3, 0.4) is 0 Å². The average molecular weight is 300 g/mol. The molecule has 1 aliphatic carbocycles. The van der Waals surface area contributed by atoms with E-state index in [0.717, 1.165) is 39.3 Å². The quantitative estimate of drug-likeness (QED) is 0.629. The Kier molecular flexibility index (Phi) is 8.79. The lowest BCUT2D eigenvalue weighted by Gasteiger charge is -2.49. The summed E-state index contributed by atoms with van der Waals surface area (Å²) in [6.07, 6.45) is 5.03. The van der Waals surface area contributed by atoms with Crippen LogP contribution in [-0.2, 0) is 9.47 Å². The number of rotatable bonds is 10. The lowest BCUT2D eigenvalue weighted by Crippen LogP contribution is -2.59. The molecule has 1 rings (SSSR count). The lowest BCUT2D eigenvalue weighted by atomic mass is 9.70. The van der Waals surface area contributed by atoms with E-state index in [1.165, 1.54) is 19.3 Å². The van der Waals surface area contributed by atoms with Crippen molar-refractivity contribution in [3.8, 4) is 0 Å². The Morgan fingerprint density at radius 2 is 1.86 bits per heavy atom. The third-order valence-corrected chi connectivity index (χ3v) is 4.82.